The third kappa shape index (κ3) is 2.21. The second-order valence-corrected chi connectivity index (χ2v) is 4.80. The van der Waals surface area contributed by atoms with E-state index in [1.54, 1.807) is 0 Å². The zero-order valence-electron chi connectivity index (χ0n) is 9.63. The Morgan fingerprint density at radius 2 is 2.12 bits per heavy atom. The lowest BCUT2D eigenvalue weighted by Gasteiger charge is -2.32. The van der Waals surface area contributed by atoms with Gasteiger partial charge in [0, 0.05) is 6.04 Å². The van der Waals surface area contributed by atoms with Gasteiger partial charge in [-0.15, -0.1) is 0 Å². The highest BCUT2D eigenvalue weighted by atomic mass is 35.5. The summed E-state index contributed by atoms with van der Waals surface area (Å²) in [5, 5.41) is 3.58. The second kappa shape index (κ2) is 4.45. The van der Waals surface area contributed by atoms with Crippen molar-refractivity contribution in [1.82, 2.24) is 9.97 Å². The minimum absolute atomic E-state index is 0.245. The Bertz CT molecular complexity index is 390. The number of aryl methyl sites for hydroxylation is 1. The van der Waals surface area contributed by atoms with E-state index in [-0.39, 0.29) is 5.28 Å². The van der Waals surface area contributed by atoms with Gasteiger partial charge in [-0.25, -0.2) is 4.98 Å². The van der Waals surface area contributed by atoms with E-state index < -0.39 is 0 Å². The summed E-state index contributed by atoms with van der Waals surface area (Å²) in [6.45, 7) is 4.00. The molecular weight excluding hydrogens is 224 g/mol. The molecule has 3 N–H and O–H groups in total. The predicted molar refractivity (Wildman–Crippen MR) is 66.6 cm³/mol. The van der Waals surface area contributed by atoms with Crippen molar-refractivity contribution in [3.8, 4) is 0 Å². The molecule has 1 unspecified atom stereocenters. The topological polar surface area (TPSA) is 63.8 Å². The van der Waals surface area contributed by atoms with E-state index in [1.807, 2.05) is 6.92 Å². The summed E-state index contributed by atoms with van der Waals surface area (Å²) in [4.78, 5) is 8.14. The Morgan fingerprint density at radius 3 is 2.69 bits per heavy atom. The van der Waals surface area contributed by atoms with Crippen LogP contribution in [0.25, 0.3) is 0 Å². The fourth-order valence-electron chi connectivity index (χ4n) is 1.93. The highest BCUT2D eigenvalue weighted by Crippen LogP contribution is 2.32. The number of nitrogens with zero attached hydrogens (tertiary/aromatic N) is 2. The molecule has 1 atom stereocenters. The number of aromatic nitrogens is 2. The second-order valence-electron chi connectivity index (χ2n) is 4.46. The van der Waals surface area contributed by atoms with Gasteiger partial charge in [-0.1, -0.05) is 6.42 Å². The lowest BCUT2D eigenvalue weighted by atomic mass is 9.80. The Balaban J connectivity index is 2.13. The molecule has 1 heterocycles. The van der Waals surface area contributed by atoms with Gasteiger partial charge >= 0.3 is 0 Å². The molecule has 1 aliphatic carbocycles. The third-order valence-corrected chi connectivity index (χ3v) is 3.50. The molecule has 88 valence electrons. The molecule has 0 saturated heterocycles. The summed E-state index contributed by atoms with van der Waals surface area (Å²) >= 11 is 5.82. The number of nitrogen functional groups attached to an aromatic ring is 1. The van der Waals surface area contributed by atoms with Gasteiger partial charge in [0.05, 0.1) is 11.4 Å². The van der Waals surface area contributed by atoms with E-state index in [4.69, 9.17) is 17.3 Å². The Hall–Kier alpha value is -1.03. The van der Waals surface area contributed by atoms with Crippen molar-refractivity contribution in [2.24, 2.45) is 5.92 Å². The lowest BCUT2D eigenvalue weighted by Crippen LogP contribution is -2.31. The van der Waals surface area contributed by atoms with Crippen molar-refractivity contribution in [3.63, 3.8) is 0 Å². The van der Waals surface area contributed by atoms with E-state index in [1.165, 1.54) is 19.3 Å². The van der Waals surface area contributed by atoms with Crippen molar-refractivity contribution in [2.45, 2.75) is 39.2 Å². The summed E-state index contributed by atoms with van der Waals surface area (Å²) < 4.78 is 0. The molecule has 2 rings (SSSR count). The molecule has 4 nitrogen and oxygen atoms in total. The van der Waals surface area contributed by atoms with Crippen LogP contribution in [0.15, 0.2) is 0 Å². The van der Waals surface area contributed by atoms with Gasteiger partial charge in [-0.3, -0.25) is 0 Å². The molecule has 0 spiro atoms. The molecule has 0 radical (unpaired) electrons. The normalized spacial score (nSPS) is 17.9. The third-order valence-electron chi connectivity index (χ3n) is 3.33. The summed E-state index contributed by atoms with van der Waals surface area (Å²) in [6, 6.07) is 0.390. The molecule has 1 fully saturated rings. The number of hydrogen-bond donors (Lipinski definition) is 2. The zero-order valence-corrected chi connectivity index (χ0v) is 10.4. The van der Waals surface area contributed by atoms with Gasteiger partial charge < -0.3 is 11.1 Å². The van der Waals surface area contributed by atoms with Gasteiger partial charge in [0.25, 0.3) is 0 Å². The van der Waals surface area contributed by atoms with Crippen LogP contribution in [0, 0.1) is 12.8 Å². The van der Waals surface area contributed by atoms with Crippen molar-refractivity contribution >= 4 is 23.1 Å². The molecule has 16 heavy (non-hydrogen) atoms. The molecule has 1 aromatic heterocycles. The van der Waals surface area contributed by atoms with Crippen LogP contribution < -0.4 is 11.1 Å². The summed E-state index contributed by atoms with van der Waals surface area (Å²) in [7, 11) is 0. The fourth-order valence-corrected chi connectivity index (χ4v) is 2.14. The van der Waals surface area contributed by atoms with Crippen LogP contribution in [0.1, 0.15) is 31.9 Å². The smallest absolute Gasteiger partial charge is 0.224 e. The highest BCUT2D eigenvalue weighted by molar-refractivity contribution is 6.28. The van der Waals surface area contributed by atoms with Crippen LogP contribution in [-0.2, 0) is 0 Å². The number of halogens is 1. The first-order chi connectivity index (χ1) is 7.58. The molecule has 0 bridgehead atoms. The summed E-state index contributed by atoms with van der Waals surface area (Å²) in [6.07, 6.45) is 3.90. The number of nitrogens with one attached hydrogen (secondary N) is 1. The quantitative estimate of drug-likeness (QED) is 0.798. The van der Waals surface area contributed by atoms with E-state index in [9.17, 15) is 0 Å². The maximum absolute atomic E-state index is 5.91. The number of nitrogens with two attached hydrogens (primary N) is 1. The standard InChI is InChI=1S/C11H17ClN4/c1-6(8-4-3-5-8)14-10-9(13)7(2)15-11(12)16-10/h6,8H,3-5,13H2,1-2H3,(H,14,15,16). The minimum atomic E-state index is 0.245. The molecule has 1 aromatic rings. The van der Waals surface area contributed by atoms with E-state index in [0.717, 1.165) is 11.6 Å². The van der Waals surface area contributed by atoms with Crippen LogP contribution in [0.5, 0.6) is 0 Å². The number of rotatable bonds is 3. The molecule has 1 saturated carbocycles. The van der Waals surface area contributed by atoms with Crippen molar-refractivity contribution in [1.29, 1.82) is 0 Å². The van der Waals surface area contributed by atoms with E-state index in [0.29, 0.717) is 17.5 Å². The lowest BCUT2D eigenvalue weighted by molar-refractivity contribution is 0.285. The maximum atomic E-state index is 5.91. The molecule has 0 amide bonds. The first kappa shape index (κ1) is 11.5. The number of anilines is 2. The monoisotopic (exact) mass is 240 g/mol. The Morgan fingerprint density at radius 1 is 1.44 bits per heavy atom. The largest absolute Gasteiger partial charge is 0.394 e. The first-order valence-corrected chi connectivity index (χ1v) is 6.02. The first-order valence-electron chi connectivity index (χ1n) is 5.64. The fraction of sp³-hybridized carbons (Fsp3) is 0.636. The van der Waals surface area contributed by atoms with E-state index in [2.05, 4.69) is 22.2 Å². The SMILES string of the molecule is Cc1nc(Cl)nc(NC(C)C2CCC2)c1N. The van der Waals surface area contributed by atoms with Gasteiger partial charge in [0.15, 0.2) is 5.82 Å². The summed E-state index contributed by atoms with van der Waals surface area (Å²) in [5.41, 5.74) is 7.23. The molecule has 0 aliphatic heterocycles. The van der Waals surface area contributed by atoms with E-state index >= 15 is 0 Å². The summed E-state index contributed by atoms with van der Waals surface area (Å²) in [5.74, 6) is 1.39. The van der Waals surface area contributed by atoms with Crippen LogP contribution in [0.3, 0.4) is 0 Å². The average molecular weight is 241 g/mol. The Labute approximate surface area is 101 Å². The van der Waals surface area contributed by atoms with Crippen LogP contribution >= 0.6 is 11.6 Å². The van der Waals surface area contributed by atoms with Crippen molar-refractivity contribution in [2.75, 3.05) is 11.1 Å². The van der Waals surface area contributed by atoms with Crippen LogP contribution in [0.4, 0.5) is 11.5 Å². The van der Waals surface area contributed by atoms with Crippen LogP contribution in [-0.4, -0.2) is 16.0 Å². The van der Waals surface area contributed by atoms with Gasteiger partial charge in [-0.05, 0) is 44.2 Å². The van der Waals surface area contributed by atoms with Crippen LogP contribution in [0.2, 0.25) is 5.28 Å². The highest BCUT2D eigenvalue weighted by Gasteiger charge is 2.24. The van der Waals surface area contributed by atoms with Gasteiger partial charge in [0.2, 0.25) is 5.28 Å². The van der Waals surface area contributed by atoms with Gasteiger partial charge in [-0.2, -0.15) is 4.98 Å². The predicted octanol–water partition coefficient (Wildman–Crippen LogP) is 2.62. The van der Waals surface area contributed by atoms with Crippen molar-refractivity contribution in [3.05, 3.63) is 11.0 Å². The average Bonchev–Trinajstić information content (AvgIpc) is 2.10. The maximum Gasteiger partial charge on any atom is 0.224 e. The zero-order chi connectivity index (χ0) is 11.7. The van der Waals surface area contributed by atoms with Crippen molar-refractivity contribution < 1.29 is 0 Å². The molecular formula is C11H17ClN4. The van der Waals surface area contributed by atoms with Gasteiger partial charge in [0.1, 0.15) is 0 Å². The molecule has 0 aromatic carbocycles. The number of hydrogen-bond acceptors (Lipinski definition) is 4. The molecule has 5 heteroatoms. The minimum Gasteiger partial charge on any atom is -0.394 e. The Kier molecular flexibility index (Phi) is 3.19. The molecule has 1 aliphatic rings.